The average molecular weight is 320 g/mol. The molecule has 3 aromatic rings. The first-order valence-corrected chi connectivity index (χ1v) is 7.72. The van der Waals surface area contributed by atoms with Crippen LogP contribution in [0, 0.1) is 6.92 Å². The highest BCUT2D eigenvalue weighted by Crippen LogP contribution is 2.24. The lowest BCUT2D eigenvalue weighted by atomic mass is 10.5. The molecule has 0 aliphatic rings. The average Bonchev–Trinajstić information content (AvgIpc) is 3.05. The Bertz CT molecular complexity index is 893. The van der Waals surface area contributed by atoms with Crippen LogP contribution in [0.25, 0.3) is 15.7 Å². The lowest BCUT2D eigenvalue weighted by Crippen LogP contribution is -2.36. The van der Waals surface area contributed by atoms with Crippen molar-refractivity contribution in [2.75, 3.05) is 20.3 Å². The van der Waals surface area contributed by atoms with E-state index in [9.17, 15) is 9.59 Å². The second-order valence-corrected chi connectivity index (χ2v) is 5.84. The van der Waals surface area contributed by atoms with E-state index in [1.54, 1.807) is 18.4 Å². The van der Waals surface area contributed by atoms with Gasteiger partial charge in [-0.1, -0.05) is 0 Å². The quantitative estimate of drug-likeness (QED) is 0.705. The number of hydrogen-bond acceptors (Lipinski definition) is 5. The molecule has 0 spiro atoms. The smallest absolute Gasteiger partial charge is 0.291 e. The lowest BCUT2D eigenvalue weighted by Gasteiger charge is -2.09. The van der Waals surface area contributed by atoms with E-state index < -0.39 is 0 Å². The molecule has 0 bridgehead atoms. The van der Waals surface area contributed by atoms with Gasteiger partial charge in [0.25, 0.3) is 5.56 Å². The molecule has 116 valence electrons. The predicted octanol–water partition coefficient (Wildman–Crippen LogP) is 0.782. The fraction of sp³-hybridized carbons (Fsp3) is 0.357. The summed E-state index contributed by atoms with van der Waals surface area (Å²) >= 11 is 1.57. The number of nitrogens with one attached hydrogen (secondary N) is 1. The van der Waals surface area contributed by atoms with Gasteiger partial charge in [0.15, 0.2) is 0 Å². The maximum atomic E-state index is 12.5. The fourth-order valence-electron chi connectivity index (χ4n) is 2.42. The van der Waals surface area contributed by atoms with Gasteiger partial charge in [-0.3, -0.25) is 14.0 Å². The van der Waals surface area contributed by atoms with Gasteiger partial charge in [0.05, 0.1) is 16.8 Å². The van der Waals surface area contributed by atoms with Gasteiger partial charge in [-0.25, -0.2) is 4.68 Å². The molecule has 0 aliphatic heterocycles. The fourth-order valence-corrected chi connectivity index (χ4v) is 3.22. The van der Waals surface area contributed by atoms with Crippen LogP contribution in [0.4, 0.5) is 0 Å². The van der Waals surface area contributed by atoms with Crippen LogP contribution < -0.4 is 10.9 Å². The van der Waals surface area contributed by atoms with Gasteiger partial charge in [0.2, 0.25) is 5.91 Å². The number of ether oxygens (including phenoxy) is 1. The number of carbonyl (C=O) groups excluding carboxylic acids is 1. The van der Waals surface area contributed by atoms with Crippen molar-refractivity contribution >= 4 is 33.0 Å². The van der Waals surface area contributed by atoms with Crippen LogP contribution in [0.15, 0.2) is 22.3 Å². The monoisotopic (exact) mass is 320 g/mol. The Morgan fingerprint density at radius 1 is 1.45 bits per heavy atom. The van der Waals surface area contributed by atoms with Crippen molar-refractivity contribution in [2.24, 2.45) is 0 Å². The molecular formula is C14H16N4O3S. The number of aromatic nitrogens is 3. The molecule has 1 N–H and O–H groups in total. The molecule has 22 heavy (non-hydrogen) atoms. The number of fused-ring (bicyclic) bond motifs is 3. The van der Waals surface area contributed by atoms with Crippen LogP contribution in [0.1, 0.15) is 5.82 Å². The van der Waals surface area contributed by atoms with Crippen molar-refractivity contribution in [3.05, 3.63) is 33.7 Å². The highest BCUT2D eigenvalue weighted by Gasteiger charge is 2.14. The van der Waals surface area contributed by atoms with E-state index in [1.165, 1.54) is 4.68 Å². The molecule has 0 atom stereocenters. The van der Waals surface area contributed by atoms with Gasteiger partial charge in [0.1, 0.15) is 17.9 Å². The third-order valence-corrected chi connectivity index (χ3v) is 4.24. The molecule has 3 heterocycles. The van der Waals surface area contributed by atoms with E-state index in [-0.39, 0.29) is 18.0 Å². The Morgan fingerprint density at radius 3 is 3.05 bits per heavy atom. The Hall–Kier alpha value is -2.19. The summed E-state index contributed by atoms with van der Waals surface area (Å²) in [5, 5.41) is 8.91. The summed E-state index contributed by atoms with van der Waals surface area (Å²) in [6.45, 7) is 2.56. The van der Waals surface area contributed by atoms with Gasteiger partial charge in [-0.15, -0.1) is 11.3 Å². The Kier molecular flexibility index (Phi) is 3.95. The third-order valence-electron chi connectivity index (χ3n) is 3.39. The van der Waals surface area contributed by atoms with E-state index in [1.807, 2.05) is 28.8 Å². The zero-order valence-corrected chi connectivity index (χ0v) is 13.1. The zero-order valence-electron chi connectivity index (χ0n) is 12.3. The Morgan fingerprint density at radius 2 is 2.27 bits per heavy atom. The summed E-state index contributed by atoms with van der Waals surface area (Å²) in [5.74, 6) is 0.413. The van der Waals surface area contributed by atoms with Gasteiger partial charge in [-0.2, -0.15) is 5.10 Å². The van der Waals surface area contributed by atoms with Gasteiger partial charge < -0.3 is 10.1 Å². The molecule has 0 saturated carbocycles. The topological polar surface area (TPSA) is 77.6 Å². The molecule has 1 amide bonds. The summed E-state index contributed by atoms with van der Waals surface area (Å²) in [7, 11) is 1.56. The first-order chi connectivity index (χ1) is 10.6. The van der Waals surface area contributed by atoms with Crippen molar-refractivity contribution in [1.29, 1.82) is 0 Å². The molecule has 8 heteroatoms. The second kappa shape index (κ2) is 5.90. The van der Waals surface area contributed by atoms with Crippen molar-refractivity contribution in [3.8, 4) is 0 Å². The largest absolute Gasteiger partial charge is 0.383 e. The number of nitrogens with zero attached hydrogens (tertiary/aromatic N) is 3. The van der Waals surface area contributed by atoms with E-state index >= 15 is 0 Å². The van der Waals surface area contributed by atoms with Gasteiger partial charge in [0, 0.05) is 13.7 Å². The summed E-state index contributed by atoms with van der Waals surface area (Å²) in [6, 6.07) is 3.80. The number of amides is 1. The van der Waals surface area contributed by atoms with Gasteiger partial charge in [-0.05, 0) is 24.4 Å². The van der Waals surface area contributed by atoms with E-state index in [4.69, 9.17) is 4.74 Å². The molecule has 0 radical (unpaired) electrons. The van der Waals surface area contributed by atoms with Crippen molar-refractivity contribution < 1.29 is 9.53 Å². The van der Waals surface area contributed by atoms with Crippen LogP contribution in [0.2, 0.25) is 0 Å². The van der Waals surface area contributed by atoms with Crippen LogP contribution in [0.3, 0.4) is 0 Å². The first kappa shape index (κ1) is 14.7. The van der Waals surface area contributed by atoms with Crippen molar-refractivity contribution in [3.63, 3.8) is 0 Å². The minimum Gasteiger partial charge on any atom is -0.383 e. The molecular weight excluding hydrogens is 304 g/mol. The SMILES string of the molecule is COCCNC(=O)Cn1nc(C)n2c(cc3sccc32)c1=O. The maximum absolute atomic E-state index is 12.5. The highest BCUT2D eigenvalue weighted by atomic mass is 32.1. The standard InChI is InChI=1S/C14H16N4O3S/c1-9-16-17(8-13(19)15-4-5-21-2)14(20)11-7-12-10(18(9)11)3-6-22-12/h3,6-7H,4-5,8H2,1-2H3,(H,15,19). The number of rotatable bonds is 5. The number of methoxy groups -OCH3 is 1. The van der Waals surface area contributed by atoms with E-state index in [0.29, 0.717) is 24.5 Å². The number of hydrogen-bond donors (Lipinski definition) is 1. The predicted molar refractivity (Wildman–Crippen MR) is 84.5 cm³/mol. The van der Waals surface area contributed by atoms with Crippen molar-refractivity contribution in [1.82, 2.24) is 19.5 Å². The van der Waals surface area contributed by atoms with Crippen LogP contribution in [-0.4, -0.2) is 40.3 Å². The lowest BCUT2D eigenvalue weighted by molar-refractivity contribution is -0.122. The minimum atomic E-state index is -0.268. The molecule has 3 rings (SSSR count). The number of thiophene rings is 1. The molecule has 0 unspecified atom stereocenters. The maximum Gasteiger partial charge on any atom is 0.291 e. The Labute approximate surface area is 130 Å². The van der Waals surface area contributed by atoms with Gasteiger partial charge >= 0.3 is 0 Å². The van der Waals surface area contributed by atoms with Crippen molar-refractivity contribution in [2.45, 2.75) is 13.5 Å². The van der Waals surface area contributed by atoms with Crippen LogP contribution >= 0.6 is 11.3 Å². The molecule has 0 aliphatic carbocycles. The summed E-state index contributed by atoms with van der Waals surface area (Å²) < 4.78 is 8.93. The molecule has 7 nitrogen and oxygen atoms in total. The summed E-state index contributed by atoms with van der Waals surface area (Å²) in [5.41, 5.74) is 1.24. The third kappa shape index (κ3) is 2.51. The molecule has 0 aromatic carbocycles. The number of aryl methyl sites for hydroxylation is 1. The molecule has 3 aromatic heterocycles. The first-order valence-electron chi connectivity index (χ1n) is 6.84. The summed E-state index contributed by atoms with van der Waals surface area (Å²) in [6.07, 6.45) is 0. The second-order valence-electron chi connectivity index (χ2n) is 4.89. The number of carbonyl (C=O) groups is 1. The zero-order chi connectivity index (χ0) is 15.7. The minimum absolute atomic E-state index is 0.0985. The normalized spacial score (nSPS) is 11.4. The molecule has 0 fully saturated rings. The van der Waals surface area contributed by atoms with Crippen LogP contribution in [0.5, 0.6) is 0 Å². The summed E-state index contributed by atoms with van der Waals surface area (Å²) in [4.78, 5) is 24.3. The Balaban J connectivity index is 1.96. The molecule has 0 saturated heterocycles. The van der Waals surface area contributed by atoms with E-state index in [0.717, 1.165) is 10.2 Å². The van der Waals surface area contributed by atoms with Crippen LogP contribution in [-0.2, 0) is 16.1 Å². The highest BCUT2D eigenvalue weighted by molar-refractivity contribution is 7.17. The van der Waals surface area contributed by atoms with E-state index in [2.05, 4.69) is 10.4 Å².